The van der Waals surface area contributed by atoms with Crippen LogP contribution in [-0.4, -0.2) is 40.4 Å². The molecule has 6 nitrogen and oxygen atoms in total. The topological polar surface area (TPSA) is 58.6 Å². The molecular weight excluding hydrogens is 457 g/mol. The lowest BCUT2D eigenvalue weighted by Crippen LogP contribution is -2.37. The second-order valence-corrected chi connectivity index (χ2v) is 8.92. The number of alkyl halides is 3. The maximum atomic E-state index is 13.1. The highest BCUT2D eigenvalue weighted by Crippen LogP contribution is 2.33. The smallest absolute Gasteiger partial charge is 0.416 e. The first-order valence-electron chi connectivity index (χ1n) is 11.6. The van der Waals surface area contributed by atoms with Crippen LogP contribution in [0.3, 0.4) is 0 Å². The highest BCUT2D eigenvalue weighted by Gasteiger charge is 2.32. The molecule has 1 amide bonds. The molecule has 0 N–H and O–H groups in total. The van der Waals surface area contributed by atoms with Gasteiger partial charge in [0.1, 0.15) is 5.75 Å². The van der Waals surface area contributed by atoms with E-state index in [0.29, 0.717) is 30.5 Å². The number of rotatable bonds is 4. The standard InChI is InChI=1S/C26H25F3N4O2/c1-17-4-10-20(11-5-17)35-23-21-16-33(24(34)18-6-8-19(9-7-18)26(27,28)29)15-12-22(21)30-25(31-23)32-13-2-3-14-32/h4-11H,2-3,12-16H2,1H3. The van der Waals surface area contributed by atoms with E-state index in [1.54, 1.807) is 4.90 Å². The minimum atomic E-state index is -4.45. The second-order valence-electron chi connectivity index (χ2n) is 8.92. The Morgan fingerprint density at radius 3 is 2.29 bits per heavy atom. The number of amides is 1. The lowest BCUT2D eigenvalue weighted by Gasteiger charge is -2.30. The van der Waals surface area contributed by atoms with Gasteiger partial charge < -0.3 is 14.5 Å². The Hall–Kier alpha value is -3.62. The predicted octanol–water partition coefficient (Wildman–Crippen LogP) is 5.39. The van der Waals surface area contributed by atoms with Crippen molar-refractivity contribution in [1.82, 2.24) is 14.9 Å². The summed E-state index contributed by atoms with van der Waals surface area (Å²) in [5.74, 6) is 1.33. The van der Waals surface area contributed by atoms with Gasteiger partial charge in [-0.15, -0.1) is 0 Å². The second kappa shape index (κ2) is 9.20. The molecule has 1 fully saturated rings. The number of anilines is 1. The van der Waals surface area contributed by atoms with E-state index in [2.05, 4.69) is 4.90 Å². The van der Waals surface area contributed by atoms with E-state index in [1.165, 1.54) is 12.1 Å². The minimum absolute atomic E-state index is 0.206. The highest BCUT2D eigenvalue weighted by molar-refractivity contribution is 5.94. The number of ether oxygens (including phenoxy) is 1. The molecule has 0 bridgehead atoms. The lowest BCUT2D eigenvalue weighted by atomic mass is 10.0. The number of hydrogen-bond donors (Lipinski definition) is 0. The Morgan fingerprint density at radius 1 is 0.943 bits per heavy atom. The molecule has 0 saturated carbocycles. The molecule has 3 aromatic rings. The molecule has 5 rings (SSSR count). The first kappa shape index (κ1) is 23.1. The van der Waals surface area contributed by atoms with E-state index in [9.17, 15) is 18.0 Å². The predicted molar refractivity (Wildman–Crippen MR) is 125 cm³/mol. The summed E-state index contributed by atoms with van der Waals surface area (Å²) in [5, 5.41) is 0. The molecule has 2 aromatic carbocycles. The van der Waals surface area contributed by atoms with Gasteiger partial charge in [-0.1, -0.05) is 17.7 Å². The number of fused-ring (bicyclic) bond motifs is 1. The van der Waals surface area contributed by atoms with Crippen molar-refractivity contribution in [2.45, 2.75) is 38.9 Å². The monoisotopic (exact) mass is 482 g/mol. The molecule has 1 saturated heterocycles. The summed E-state index contributed by atoms with van der Waals surface area (Å²) in [6.45, 7) is 4.40. The van der Waals surface area contributed by atoms with E-state index in [1.807, 2.05) is 31.2 Å². The number of carbonyl (C=O) groups excluding carboxylic acids is 1. The van der Waals surface area contributed by atoms with Gasteiger partial charge in [0.25, 0.3) is 5.91 Å². The van der Waals surface area contributed by atoms with Crippen LogP contribution in [0.25, 0.3) is 0 Å². The summed E-state index contributed by atoms with van der Waals surface area (Å²) >= 11 is 0. The van der Waals surface area contributed by atoms with E-state index < -0.39 is 11.7 Å². The van der Waals surface area contributed by atoms with Crippen molar-refractivity contribution in [2.75, 3.05) is 24.5 Å². The van der Waals surface area contributed by atoms with Crippen molar-refractivity contribution < 1.29 is 22.7 Å². The minimum Gasteiger partial charge on any atom is -0.438 e. The van der Waals surface area contributed by atoms with Crippen molar-refractivity contribution in [3.63, 3.8) is 0 Å². The molecule has 1 aromatic heterocycles. The number of aryl methyl sites for hydroxylation is 1. The third-order valence-corrected chi connectivity index (χ3v) is 6.38. The van der Waals surface area contributed by atoms with Crippen LogP contribution in [0.5, 0.6) is 11.6 Å². The SMILES string of the molecule is Cc1ccc(Oc2nc(N3CCCC3)nc3c2CN(C(=O)c2ccc(C(F)(F)F)cc2)CC3)cc1. The largest absolute Gasteiger partial charge is 0.438 e. The average molecular weight is 483 g/mol. The number of aromatic nitrogens is 2. The third kappa shape index (κ3) is 4.94. The summed E-state index contributed by atoms with van der Waals surface area (Å²) in [5.41, 5.74) is 2.08. The summed E-state index contributed by atoms with van der Waals surface area (Å²) in [7, 11) is 0. The summed E-state index contributed by atoms with van der Waals surface area (Å²) in [4.78, 5) is 26.4. The van der Waals surface area contributed by atoms with Crippen molar-refractivity contribution in [3.05, 3.63) is 76.5 Å². The van der Waals surface area contributed by atoms with Gasteiger partial charge in [0.2, 0.25) is 11.8 Å². The number of benzene rings is 2. The van der Waals surface area contributed by atoms with Gasteiger partial charge >= 0.3 is 6.18 Å². The van der Waals surface area contributed by atoms with Crippen molar-refractivity contribution in [2.24, 2.45) is 0 Å². The highest BCUT2D eigenvalue weighted by atomic mass is 19.4. The first-order valence-corrected chi connectivity index (χ1v) is 11.6. The number of hydrogen-bond acceptors (Lipinski definition) is 5. The third-order valence-electron chi connectivity index (χ3n) is 6.38. The van der Waals surface area contributed by atoms with Crippen LogP contribution in [0, 0.1) is 6.92 Å². The van der Waals surface area contributed by atoms with Crippen LogP contribution >= 0.6 is 0 Å². The zero-order valence-electron chi connectivity index (χ0n) is 19.3. The fourth-order valence-electron chi connectivity index (χ4n) is 4.39. The van der Waals surface area contributed by atoms with Crippen molar-refractivity contribution >= 4 is 11.9 Å². The van der Waals surface area contributed by atoms with Crippen molar-refractivity contribution in [3.8, 4) is 11.6 Å². The lowest BCUT2D eigenvalue weighted by molar-refractivity contribution is -0.137. The maximum absolute atomic E-state index is 13.1. The van der Waals surface area contributed by atoms with Crippen molar-refractivity contribution in [1.29, 1.82) is 0 Å². The maximum Gasteiger partial charge on any atom is 0.416 e. The summed E-state index contributed by atoms with van der Waals surface area (Å²) in [6, 6.07) is 11.9. The fraction of sp³-hybridized carbons (Fsp3) is 0.346. The van der Waals surface area contributed by atoms with E-state index in [-0.39, 0.29) is 18.0 Å². The molecular formula is C26H25F3N4O2. The van der Waals surface area contributed by atoms with Gasteiger partial charge in [-0.3, -0.25) is 4.79 Å². The summed E-state index contributed by atoms with van der Waals surface area (Å²) in [6.07, 6.45) is -1.76. The van der Waals surface area contributed by atoms with Crippen LogP contribution in [-0.2, 0) is 19.1 Å². The van der Waals surface area contributed by atoms with Gasteiger partial charge in [-0.2, -0.15) is 18.2 Å². The number of carbonyl (C=O) groups is 1. The molecule has 182 valence electrons. The molecule has 2 aliphatic rings. The van der Waals surface area contributed by atoms with Gasteiger partial charge in [0.15, 0.2) is 0 Å². The number of halogens is 3. The average Bonchev–Trinajstić information content (AvgIpc) is 3.39. The Labute approximate surface area is 201 Å². The van der Waals surface area contributed by atoms with Gasteiger partial charge in [-0.25, -0.2) is 4.98 Å². The van der Waals surface area contributed by atoms with Crippen LogP contribution in [0.1, 0.15) is 45.6 Å². The van der Waals surface area contributed by atoms with Gasteiger partial charge in [0.05, 0.1) is 23.4 Å². The Bertz CT molecular complexity index is 1220. The normalized spacial score (nSPS) is 15.8. The Balaban J connectivity index is 1.44. The van der Waals surface area contributed by atoms with E-state index >= 15 is 0 Å². The quantitative estimate of drug-likeness (QED) is 0.499. The van der Waals surface area contributed by atoms with Gasteiger partial charge in [-0.05, 0) is 56.2 Å². The molecule has 35 heavy (non-hydrogen) atoms. The first-order chi connectivity index (χ1) is 16.8. The van der Waals surface area contributed by atoms with Crippen LogP contribution < -0.4 is 9.64 Å². The molecule has 0 radical (unpaired) electrons. The fourth-order valence-corrected chi connectivity index (χ4v) is 4.39. The molecule has 0 unspecified atom stereocenters. The molecule has 0 atom stereocenters. The molecule has 3 heterocycles. The molecule has 0 aliphatic carbocycles. The zero-order valence-corrected chi connectivity index (χ0v) is 19.3. The number of nitrogens with zero attached hydrogens (tertiary/aromatic N) is 4. The zero-order chi connectivity index (χ0) is 24.6. The Morgan fingerprint density at radius 2 is 1.63 bits per heavy atom. The van der Waals surface area contributed by atoms with E-state index in [4.69, 9.17) is 14.7 Å². The van der Waals surface area contributed by atoms with E-state index in [0.717, 1.165) is 54.9 Å². The molecule has 0 spiro atoms. The van der Waals surface area contributed by atoms with Crippen LogP contribution in [0.4, 0.5) is 19.1 Å². The molecule has 9 heteroatoms. The van der Waals surface area contributed by atoms with Gasteiger partial charge in [0, 0.05) is 31.6 Å². The van der Waals surface area contributed by atoms with Crippen LogP contribution in [0.2, 0.25) is 0 Å². The Kier molecular flexibility index (Phi) is 6.08. The summed E-state index contributed by atoms with van der Waals surface area (Å²) < 4.78 is 44.9. The molecule has 2 aliphatic heterocycles. The van der Waals surface area contributed by atoms with Crippen LogP contribution in [0.15, 0.2) is 48.5 Å².